The summed E-state index contributed by atoms with van der Waals surface area (Å²) in [6.45, 7) is 2.07. The summed E-state index contributed by atoms with van der Waals surface area (Å²) in [5, 5.41) is 8.89. The molecule has 1 unspecified atom stereocenters. The van der Waals surface area contributed by atoms with Crippen molar-refractivity contribution in [2.45, 2.75) is 25.3 Å². The van der Waals surface area contributed by atoms with Gasteiger partial charge in [0.15, 0.2) is 0 Å². The third-order valence-electron chi connectivity index (χ3n) is 2.88. The summed E-state index contributed by atoms with van der Waals surface area (Å²) in [4.78, 5) is 0. The van der Waals surface area contributed by atoms with E-state index in [0.717, 1.165) is 17.1 Å². The van der Waals surface area contributed by atoms with Crippen LogP contribution in [0.1, 0.15) is 25.3 Å². The SMILES string of the molecule is COc1ccc(OC)c(C(C)(N)CCCO)c1. The van der Waals surface area contributed by atoms with Crippen molar-refractivity contribution in [3.63, 3.8) is 0 Å². The zero-order chi connectivity index (χ0) is 12.9. The zero-order valence-corrected chi connectivity index (χ0v) is 10.7. The van der Waals surface area contributed by atoms with Crippen molar-refractivity contribution in [1.82, 2.24) is 0 Å². The van der Waals surface area contributed by atoms with Gasteiger partial charge >= 0.3 is 0 Å². The highest BCUT2D eigenvalue weighted by Crippen LogP contribution is 2.34. The smallest absolute Gasteiger partial charge is 0.124 e. The first kappa shape index (κ1) is 13.8. The molecule has 0 aliphatic rings. The molecule has 0 bridgehead atoms. The van der Waals surface area contributed by atoms with Crippen LogP contribution in [-0.4, -0.2) is 25.9 Å². The molecule has 0 aromatic heterocycles. The largest absolute Gasteiger partial charge is 0.497 e. The van der Waals surface area contributed by atoms with Gasteiger partial charge in [-0.2, -0.15) is 0 Å². The number of aliphatic hydroxyl groups excluding tert-OH is 1. The Morgan fingerprint density at radius 1 is 1.29 bits per heavy atom. The zero-order valence-electron chi connectivity index (χ0n) is 10.7. The van der Waals surface area contributed by atoms with E-state index in [9.17, 15) is 0 Å². The Labute approximate surface area is 102 Å². The van der Waals surface area contributed by atoms with Gasteiger partial charge in [-0.25, -0.2) is 0 Å². The van der Waals surface area contributed by atoms with E-state index in [0.29, 0.717) is 12.8 Å². The lowest BCUT2D eigenvalue weighted by molar-refractivity contribution is 0.263. The molecule has 1 atom stereocenters. The number of hydrogen-bond acceptors (Lipinski definition) is 4. The van der Waals surface area contributed by atoms with Gasteiger partial charge in [-0.3, -0.25) is 0 Å². The van der Waals surface area contributed by atoms with Gasteiger partial charge in [0, 0.05) is 17.7 Å². The summed E-state index contributed by atoms with van der Waals surface area (Å²) in [5.41, 5.74) is 6.63. The maximum absolute atomic E-state index is 8.89. The lowest BCUT2D eigenvalue weighted by atomic mass is 9.87. The number of methoxy groups -OCH3 is 2. The molecule has 0 fully saturated rings. The highest BCUT2D eigenvalue weighted by molar-refractivity contribution is 5.44. The van der Waals surface area contributed by atoms with Crippen LogP contribution in [0.4, 0.5) is 0 Å². The summed E-state index contributed by atoms with van der Waals surface area (Å²) >= 11 is 0. The summed E-state index contributed by atoms with van der Waals surface area (Å²) < 4.78 is 10.5. The lowest BCUT2D eigenvalue weighted by Gasteiger charge is -2.27. The molecule has 4 nitrogen and oxygen atoms in total. The molecule has 0 spiro atoms. The van der Waals surface area contributed by atoms with E-state index in [1.54, 1.807) is 14.2 Å². The minimum absolute atomic E-state index is 0.138. The Balaban J connectivity index is 3.07. The number of nitrogens with two attached hydrogens (primary N) is 1. The van der Waals surface area contributed by atoms with Crippen molar-refractivity contribution >= 4 is 0 Å². The van der Waals surface area contributed by atoms with Crippen molar-refractivity contribution in [2.75, 3.05) is 20.8 Å². The van der Waals surface area contributed by atoms with Gasteiger partial charge < -0.3 is 20.3 Å². The fourth-order valence-corrected chi connectivity index (χ4v) is 1.84. The minimum atomic E-state index is -0.539. The van der Waals surface area contributed by atoms with E-state index in [4.69, 9.17) is 20.3 Å². The topological polar surface area (TPSA) is 64.7 Å². The maximum atomic E-state index is 8.89. The van der Waals surface area contributed by atoms with Gasteiger partial charge in [0.2, 0.25) is 0 Å². The summed E-state index contributed by atoms with van der Waals surface area (Å²) in [7, 11) is 3.24. The molecular weight excluding hydrogens is 218 g/mol. The fourth-order valence-electron chi connectivity index (χ4n) is 1.84. The normalized spacial score (nSPS) is 14.2. The first-order valence-electron chi connectivity index (χ1n) is 5.67. The van der Waals surface area contributed by atoms with E-state index in [1.807, 2.05) is 25.1 Å². The third-order valence-corrected chi connectivity index (χ3v) is 2.88. The average Bonchev–Trinajstić information content (AvgIpc) is 2.35. The van der Waals surface area contributed by atoms with Gasteiger partial charge in [0.05, 0.1) is 14.2 Å². The Morgan fingerprint density at radius 2 is 2.00 bits per heavy atom. The van der Waals surface area contributed by atoms with Gasteiger partial charge in [-0.05, 0) is 38.0 Å². The Bertz CT molecular complexity index is 364. The molecule has 1 aromatic carbocycles. The number of aliphatic hydroxyl groups is 1. The molecular formula is C13H21NO3. The molecule has 96 valence electrons. The van der Waals surface area contributed by atoms with Crippen LogP contribution >= 0.6 is 0 Å². The number of rotatable bonds is 6. The predicted molar refractivity (Wildman–Crippen MR) is 67.4 cm³/mol. The molecule has 0 amide bonds. The highest BCUT2D eigenvalue weighted by atomic mass is 16.5. The molecule has 0 radical (unpaired) electrons. The van der Waals surface area contributed by atoms with Crippen LogP contribution < -0.4 is 15.2 Å². The van der Waals surface area contributed by atoms with Crippen molar-refractivity contribution < 1.29 is 14.6 Å². The fraction of sp³-hybridized carbons (Fsp3) is 0.538. The van der Waals surface area contributed by atoms with Gasteiger partial charge in [-0.15, -0.1) is 0 Å². The standard InChI is InChI=1S/C13H21NO3/c1-13(14,7-4-8-15)11-9-10(16-2)5-6-12(11)17-3/h5-6,9,15H,4,7-8,14H2,1-3H3. The van der Waals surface area contributed by atoms with E-state index in [-0.39, 0.29) is 6.61 Å². The molecule has 3 N–H and O–H groups in total. The third kappa shape index (κ3) is 3.35. The highest BCUT2D eigenvalue weighted by Gasteiger charge is 2.25. The maximum Gasteiger partial charge on any atom is 0.124 e. The summed E-state index contributed by atoms with van der Waals surface area (Å²) in [6, 6.07) is 5.57. The van der Waals surface area contributed by atoms with Crippen LogP contribution in [0.2, 0.25) is 0 Å². The van der Waals surface area contributed by atoms with Crippen molar-refractivity contribution in [3.8, 4) is 11.5 Å². The van der Waals surface area contributed by atoms with Crippen molar-refractivity contribution in [2.24, 2.45) is 5.73 Å². The summed E-state index contributed by atoms with van der Waals surface area (Å²) in [6.07, 6.45) is 1.35. The molecule has 1 aromatic rings. The van der Waals surface area contributed by atoms with E-state index in [2.05, 4.69) is 0 Å². The quantitative estimate of drug-likeness (QED) is 0.792. The van der Waals surface area contributed by atoms with Gasteiger partial charge in [-0.1, -0.05) is 0 Å². The molecule has 17 heavy (non-hydrogen) atoms. The lowest BCUT2D eigenvalue weighted by Crippen LogP contribution is -2.33. The second-order valence-corrected chi connectivity index (χ2v) is 4.31. The van der Waals surface area contributed by atoms with Crippen molar-refractivity contribution in [3.05, 3.63) is 23.8 Å². The number of benzene rings is 1. The Hall–Kier alpha value is -1.26. The monoisotopic (exact) mass is 239 g/mol. The molecule has 0 heterocycles. The van der Waals surface area contributed by atoms with Gasteiger partial charge in [0.25, 0.3) is 0 Å². The first-order valence-corrected chi connectivity index (χ1v) is 5.67. The van der Waals surface area contributed by atoms with Crippen LogP contribution in [0, 0.1) is 0 Å². The van der Waals surface area contributed by atoms with Crippen LogP contribution in [0.5, 0.6) is 11.5 Å². The van der Waals surface area contributed by atoms with E-state index >= 15 is 0 Å². The molecule has 0 aliphatic carbocycles. The first-order chi connectivity index (χ1) is 8.05. The summed E-state index contributed by atoms with van der Waals surface area (Å²) in [5.74, 6) is 1.50. The van der Waals surface area contributed by atoms with Crippen LogP contribution in [-0.2, 0) is 5.54 Å². The second-order valence-electron chi connectivity index (χ2n) is 4.31. The van der Waals surface area contributed by atoms with E-state index in [1.165, 1.54) is 0 Å². The molecule has 1 rings (SSSR count). The number of ether oxygens (including phenoxy) is 2. The van der Waals surface area contributed by atoms with E-state index < -0.39 is 5.54 Å². The van der Waals surface area contributed by atoms with Crippen LogP contribution in [0.3, 0.4) is 0 Å². The Kier molecular flexibility index (Phi) is 4.78. The molecule has 4 heteroatoms. The molecule has 0 saturated carbocycles. The molecule has 0 saturated heterocycles. The average molecular weight is 239 g/mol. The second kappa shape index (κ2) is 5.89. The van der Waals surface area contributed by atoms with Crippen molar-refractivity contribution in [1.29, 1.82) is 0 Å². The predicted octanol–water partition coefficient (Wildman–Crippen LogP) is 1.65. The van der Waals surface area contributed by atoms with Crippen LogP contribution in [0.25, 0.3) is 0 Å². The Morgan fingerprint density at radius 3 is 2.53 bits per heavy atom. The number of hydrogen-bond donors (Lipinski definition) is 2. The van der Waals surface area contributed by atoms with Gasteiger partial charge in [0.1, 0.15) is 11.5 Å². The molecule has 0 aliphatic heterocycles. The minimum Gasteiger partial charge on any atom is -0.497 e. The van der Waals surface area contributed by atoms with Crippen LogP contribution in [0.15, 0.2) is 18.2 Å².